The third kappa shape index (κ3) is 7.19. The SMILES string of the molecule is C=CC(=CC(=C)C#N)N1CCCC(CC(=O)OC(C)(C)C)CC1. The van der Waals surface area contributed by atoms with Gasteiger partial charge in [0.25, 0.3) is 0 Å². The van der Waals surface area contributed by atoms with Crippen LogP contribution in [0, 0.1) is 17.2 Å². The normalized spacial score (nSPS) is 19.5. The number of nitrogens with zero attached hydrogens (tertiary/aromatic N) is 2. The average Bonchev–Trinajstić information content (AvgIpc) is 2.68. The van der Waals surface area contributed by atoms with Gasteiger partial charge >= 0.3 is 5.97 Å². The molecule has 0 aromatic heterocycles. The molecular weight excluding hydrogens is 288 g/mol. The molecule has 1 heterocycles. The van der Waals surface area contributed by atoms with Crippen molar-refractivity contribution in [3.05, 3.63) is 36.6 Å². The topological polar surface area (TPSA) is 53.3 Å². The first-order valence-corrected chi connectivity index (χ1v) is 8.15. The fraction of sp³-hybridized carbons (Fsp3) is 0.579. The van der Waals surface area contributed by atoms with E-state index in [-0.39, 0.29) is 5.97 Å². The number of hydrogen-bond acceptors (Lipinski definition) is 4. The smallest absolute Gasteiger partial charge is 0.306 e. The lowest BCUT2D eigenvalue weighted by Gasteiger charge is -2.24. The average molecular weight is 316 g/mol. The van der Waals surface area contributed by atoms with Gasteiger partial charge in [-0.2, -0.15) is 5.26 Å². The van der Waals surface area contributed by atoms with Gasteiger partial charge in [0, 0.05) is 30.8 Å². The first-order chi connectivity index (χ1) is 10.7. The fourth-order valence-corrected chi connectivity index (χ4v) is 2.74. The van der Waals surface area contributed by atoms with Gasteiger partial charge in [-0.25, -0.2) is 0 Å². The molecule has 0 radical (unpaired) electrons. The zero-order valence-corrected chi connectivity index (χ0v) is 14.6. The molecule has 1 fully saturated rings. The van der Waals surface area contributed by atoms with Crippen LogP contribution in [0.25, 0.3) is 0 Å². The minimum Gasteiger partial charge on any atom is -0.460 e. The minimum atomic E-state index is -0.426. The molecule has 1 unspecified atom stereocenters. The number of nitriles is 1. The van der Waals surface area contributed by atoms with E-state index >= 15 is 0 Å². The monoisotopic (exact) mass is 316 g/mol. The van der Waals surface area contributed by atoms with Crippen molar-refractivity contribution in [2.24, 2.45) is 5.92 Å². The molecule has 1 aliphatic heterocycles. The highest BCUT2D eigenvalue weighted by Crippen LogP contribution is 2.24. The Morgan fingerprint density at radius 1 is 1.39 bits per heavy atom. The lowest BCUT2D eigenvalue weighted by atomic mass is 9.97. The second-order valence-corrected chi connectivity index (χ2v) is 6.98. The largest absolute Gasteiger partial charge is 0.460 e. The van der Waals surface area contributed by atoms with Crippen molar-refractivity contribution in [3.8, 4) is 6.07 Å². The summed E-state index contributed by atoms with van der Waals surface area (Å²) in [7, 11) is 0. The van der Waals surface area contributed by atoms with Gasteiger partial charge in [0.15, 0.2) is 0 Å². The summed E-state index contributed by atoms with van der Waals surface area (Å²) >= 11 is 0. The molecule has 1 atom stereocenters. The fourth-order valence-electron chi connectivity index (χ4n) is 2.74. The summed E-state index contributed by atoms with van der Waals surface area (Å²) in [6, 6.07) is 2.03. The van der Waals surface area contributed by atoms with Gasteiger partial charge in [-0.05, 0) is 58.1 Å². The number of esters is 1. The van der Waals surface area contributed by atoms with Crippen LogP contribution in [-0.2, 0) is 9.53 Å². The molecule has 0 bridgehead atoms. The molecule has 0 amide bonds. The molecule has 4 nitrogen and oxygen atoms in total. The lowest BCUT2D eigenvalue weighted by Crippen LogP contribution is -2.26. The van der Waals surface area contributed by atoms with Crippen molar-refractivity contribution in [2.45, 2.75) is 52.1 Å². The van der Waals surface area contributed by atoms with Crippen molar-refractivity contribution in [3.63, 3.8) is 0 Å². The maximum absolute atomic E-state index is 12.0. The minimum absolute atomic E-state index is 0.117. The summed E-state index contributed by atoms with van der Waals surface area (Å²) < 4.78 is 5.42. The van der Waals surface area contributed by atoms with Crippen LogP contribution in [0.4, 0.5) is 0 Å². The summed E-state index contributed by atoms with van der Waals surface area (Å²) in [5.41, 5.74) is 0.925. The van der Waals surface area contributed by atoms with Crippen LogP contribution in [0.2, 0.25) is 0 Å². The molecule has 0 aromatic carbocycles. The molecule has 1 aliphatic rings. The standard InChI is InChI=1S/C19H28N2O2/c1-6-17(12-15(2)14-20)21-10-7-8-16(9-11-21)13-18(22)23-19(3,4)5/h6,12,16H,1-2,7-11,13H2,3-5H3. The molecule has 0 aromatic rings. The Kier molecular flexibility index (Phi) is 7.09. The molecule has 1 rings (SSSR count). The summed E-state index contributed by atoms with van der Waals surface area (Å²) in [6.07, 6.45) is 6.96. The molecule has 0 saturated carbocycles. The maximum Gasteiger partial charge on any atom is 0.306 e. The predicted octanol–water partition coefficient (Wildman–Crippen LogP) is 3.97. The molecule has 23 heavy (non-hydrogen) atoms. The molecule has 0 N–H and O–H groups in total. The van der Waals surface area contributed by atoms with Gasteiger partial charge in [-0.1, -0.05) is 13.2 Å². The van der Waals surface area contributed by atoms with Gasteiger partial charge in [0.1, 0.15) is 5.60 Å². The Hall–Kier alpha value is -2.02. The van der Waals surface area contributed by atoms with Gasteiger partial charge in [0.05, 0.1) is 6.07 Å². The zero-order chi connectivity index (χ0) is 17.5. The Balaban J connectivity index is 2.61. The zero-order valence-electron chi connectivity index (χ0n) is 14.6. The Bertz CT molecular complexity index is 520. The Morgan fingerprint density at radius 2 is 2.09 bits per heavy atom. The van der Waals surface area contributed by atoms with E-state index in [9.17, 15) is 4.79 Å². The van der Waals surface area contributed by atoms with E-state index in [0.29, 0.717) is 17.9 Å². The lowest BCUT2D eigenvalue weighted by molar-refractivity contribution is -0.156. The number of likely N-dealkylation sites (tertiary alicyclic amines) is 1. The van der Waals surface area contributed by atoms with Crippen LogP contribution in [0.1, 0.15) is 46.5 Å². The second-order valence-electron chi connectivity index (χ2n) is 6.98. The molecule has 126 valence electrons. The van der Waals surface area contributed by atoms with Gasteiger partial charge in [-0.3, -0.25) is 4.79 Å². The van der Waals surface area contributed by atoms with Crippen molar-refractivity contribution in [1.29, 1.82) is 5.26 Å². The summed E-state index contributed by atoms with van der Waals surface area (Å²) in [5.74, 6) is 0.230. The molecule has 0 spiro atoms. The number of rotatable bonds is 5. The predicted molar refractivity (Wildman–Crippen MR) is 92.4 cm³/mol. The third-order valence-electron chi connectivity index (χ3n) is 3.76. The van der Waals surface area contributed by atoms with Gasteiger partial charge < -0.3 is 9.64 Å². The van der Waals surface area contributed by atoms with E-state index in [1.807, 2.05) is 26.8 Å². The van der Waals surface area contributed by atoms with Crippen LogP contribution < -0.4 is 0 Å². The number of carbonyl (C=O) groups is 1. The quantitative estimate of drug-likeness (QED) is 0.437. The summed E-state index contributed by atoms with van der Waals surface area (Å²) in [5, 5.41) is 8.87. The van der Waals surface area contributed by atoms with E-state index in [0.717, 1.165) is 38.0 Å². The number of carbonyl (C=O) groups excluding carboxylic acids is 1. The van der Waals surface area contributed by atoms with E-state index < -0.39 is 5.60 Å². The Morgan fingerprint density at radius 3 is 2.65 bits per heavy atom. The molecule has 4 heteroatoms. The van der Waals surface area contributed by atoms with E-state index in [4.69, 9.17) is 10.00 Å². The molecule has 0 aliphatic carbocycles. The van der Waals surface area contributed by atoms with Crippen LogP contribution in [-0.4, -0.2) is 29.6 Å². The van der Waals surface area contributed by atoms with Gasteiger partial charge in [0.2, 0.25) is 0 Å². The molecular formula is C19H28N2O2. The summed E-state index contributed by atoms with van der Waals surface area (Å²) in [4.78, 5) is 14.2. The maximum atomic E-state index is 12.0. The first kappa shape index (κ1) is 19.0. The Labute approximate surface area is 140 Å². The van der Waals surface area contributed by atoms with Crippen LogP contribution in [0.5, 0.6) is 0 Å². The van der Waals surface area contributed by atoms with Crippen LogP contribution in [0.15, 0.2) is 36.6 Å². The van der Waals surface area contributed by atoms with Crippen molar-refractivity contribution < 1.29 is 9.53 Å². The number of hydrogen-bond donors (Lipinski definition) is 0. The van der Waals surface area contributed by atoms with Crippen molar-refractivity contribution in [2.75, 3.05) is 13.1 Å². The van der Waals surface area contributed by atoms with E-state index in [2.05, 4.69) is 18.1 Å². The van der Waals surface area contributed by atoms with E-state index in [1.165, 1.54) is 0 Å². The van der Waals surface area contributed by atoms with Crippen LogP contribution in [0.3, 0.4) is 0 Å². The highest BCUT2D eigenvalue weighted by molar-refractivity contribution is 5.70. The third-order valence-corrected chi connectivity index (χ3v) is 3.76. The van der Waals surface area contributed by atoms with Gasteiger partial charge in [-0.15, -0.1) is 0 Å². The highest BCUT2D eigenvalue weighted by Gasteiger charge is 2.23. The summed E-state index contributed by atoms with van der Waals surface area (Å²) in [6.45, 7) is 15.0. The van der Waals surface area contributed by atoms with E-state index in [1.54, 1.807) is 12.2 Å². The van der Waals surface area contributed by atoms with Crippen LogP contribution >= 0.6 is 0 Å². The van der Waals surface area contributed by atoms with Crippen molar-refractivity contribution in [1.82, 2.24) is 4.90 Å². The number of ether oxygens (including phenoxy) is 1. The van der Waals surface area contributed by atoms with Crippen molar-refractivity contribution >= 4 is 5.97 Å². The second kappa shape index (κ2) is 8.57. The molecule has 1 saturated heterocycles. The number of allylic oxidation sites excluding steroid dienone is 3. The first-order valence-electron chi connectivity index (χ1n) is 8.15. The highest BCUT2D eigenvalue weighted by atomic mass is 16.6.